The van der Waals surface area contributed by atoms with Crippen LogP contribution in [-0.4, -0.2) is 16.4 Å². The van der Waals surface area contributed by atoms with E-state index in [2.05, 4.69) is 15.2 Å². The van der Waals surface area contributed by atoms with Crippen LogP contribution in [0.25, 0.3) is 0 Å². The van der Waals surface area contributed by atoms with Crippen molar-refractivity contribution in [3.8, 4) is 5.75 Å². The van der Waals surface area contributed by atoms with Crippen molar-refractivity contribution in [2.45, 2.75) is 6.61 Å². The van der Waals surface area contributed by atoms with Gasteiger partial charge in [-0.25, -0.2) is 4.99 Å². The van der Waals surface area contributed by atoms with Gasteiger partial charge in [0.1, 0.15) is 12.4 Å². The number of aliphatic imine (C=N–C) groups is 1. The molecule has 0 saturated heterocycles. The quantitative estimate of drug-likeness (QED) is 0.587. The van der Waals surface area contributed by atoms with E-state index in [0.717, 1.165) is 16.3 Å². The first-order valence-corrected chi connectivity index (χ1v) is 8.27. The lowest BCUT2D eigenvalue weighted by molar-refractivity contribution is 0.304. The summed E-state index contributed by atoms with van der Waals surface area (Å²) in [5.41, 5.74) is 0.772. The van der Waals surface area contributed by atoms with Crippen LogP contribution in [0.3, 0.4) is 0 Å². The molecule has 0 aliphatic carbocycles. The van der Waals surface area contributed by atoms with Crippen molar-refractivity contribution >= 4 is 45.9 Å². The van der Waals surface area contributed by atoms with Gasteiger partial charge in [0, 0.05) is 16.8 Å². The molecule has 0 spiro atoms. The van der Waals surface area contributed by atoms with Crippen molar-refractivity contribution < 1.29 is 4.74 Å². The van der Waals surface area contributed by atoms with Crippen LogP contribution >= 0.6 is 34.5 Å². The summed E-state index contributed by atoms with van der Waals surface area (Å²) < 4.78 is 5.62. The Morgan fingerprint density at radius 1 is 1.09 bits per heavy atom. The Bertz CT molecular complexity index is 821. The van der Waals surface area contributed by atoms with Gasteiger partial charge in [0.2, 0.25) is 5.13 Å². The van der Waals surface area contributed by atoms with E-state index in [0.29, 0.717) is 21.8 Å². The lowest BCUT2D eigenvalue weighted by atomic mass is 10.2. The van der Waals surface area contributed by atoms with Crippen LogP contribution in [0.5, 0.6) is 5.75 Å². The molecule has 0 bridgehead atoms. The number of para-hydroxylation sites is 1. The molecule has 0 unspecified atom stereocenters. The Morgan fingerprint density at radius 2 is 1.91 bits per heavy atom. The van der Waals surface area contributed by atoms with Gasteiger partial charge in [0.25, 0.3) is 0 Å². The fourth-order valence-electron chi connectivity index (χ4n) is 1.75. The predicted molar refractivity (Wildman–Crippen MR) is 94.4 cm³/mol. The van der Waals surface area contributed by atoms with E-state index in [1.165, 1.54) is 11.3 Å². The van der Waals surface area contributed by atoms with Crippen molar-refractivity contribution in [1.29, 1.82) is 0 Å². The fourth-order valence-corrected chi connectivity index (χ4v) is 2.80. The van der Waals surface area contributed by atoms with E-state index in [1.807, 2.05) is 30.3 Å². The molecule has 0 amide bonds. The number of halogens is 2. The minimum atomic E-state index is 0.360. The monoisotopic (exact) mass is 363 g/mol. The van der Waals surface area contributed by atoms with Gasteiger partial charge in [-0.1, -0.05) is 58.8 Å². The zero-order chi connectivity index (χ0) is 16.1. The summed E-state index contributed by atoms with van der Waals surface area (Å²) in [4.78, 5) is 4.28. The number of hydrogen-bond donors (Lipinski definition) is 0. The molecule has 0 aliphatic rings. The average Bonchev–Trinajstić information content (AvgIpc) is 3.01. The molecule has 0 N–H and O–H groups in total. The largest absolute Gasteiger partial charge is 0.486 e. The van der Waals surface area contributed by atoms with Crippen LogP contribution in [0.15, 0.2) is 53.5 Å². The number of aromatic nitrogens is 2. The minimum Gasteiger partial charge on any atom is -0.486 e. The normalized spacial score (nSPS) is 11.0. The third-order valence-electron chi connectivity index (χ3n) is 2.84. The standard InChI is InChI=1S/C16H11Cl2N3OS/c17-12-7-6-11(14(18)8-12)9-19-16-21-20-15(23-16)10-22-13-4-2-1-3-5-13/h1-9H,10H2. The molecule has 0 aliphatic heterocycles. The summed E-state index contributed by atoms with van der Waals surface area (Å²) in [7, 11) is 0. The lowest BCUT2D eigenvalue weighted by Gasteiger charge is -2.01. The molecule has 7 heteroatoms. The molecule has 4 nitrogen and oxygen atoms in total. The summed E-state index contributed by atoms with van der Waals surface area (Å²) in [5, 5.41) is 10.5. The highest BCUT2D eigenvalue weighted by Gasteiger charge is 2.04. The fraction of sp³-hybridized carbons (Fsp3) is 0.0625. The van der Waals surface area contributed by atoms with E-state index in [1.54, 1.807) is 24.4 Å². The molecule has 0 radical (unpaired) electrons. The van der Waals surface area contributed by atoms with E-state index in [4.69, 9.17) is 27.9 Å². The minimum absolute atomic E-state index is 0.360. The topological polar surface area (TPSA) is 47.4 Å². The van der Waals surface area contributed by atoms with Gasteiger partial charge in [-0.3, -0.25) is 0 Å². The van der Waals surface area contributed by atoms with E-state index < -0.39 is 0 Å². The van der Waals surface area contributed by atoms with Gasteiger partial charge in [-0.15, -0.1) is 10.2 Å². The van der Waals surface area contributed by atoms with Crippen LogP contribution < -0.4 is 4.74 Å². The van der Waals surface area contributed by atoms with Crippen molar-refractivity contribution in [1.82, 2.24) is 10.2 Å². The molecule has 3 rings (SSSR count). The maximum atomic E-state index is 6.09. The van der Waals surface area contributed by atoms with E-state index >= 15 is 0 Å². The smallest absolute Gasteiger partial charge is 0.231 e. The number of nitrogens with zero attached hydrogens (tertiary/aromatic N) is 3. The van der Waals surface area contributed by atoms with Crippen molar-refractivity contribution in [3.63, 3.8) is 0 Å². The van der Waals surface area contributed by atoms with Crippen LogP contribution in [0.2, 0.25) is 10.0 Å². The zero-order valence-electron chi connectivity index (χ0n) is 11.8. The first-order valence-electron chi connectivity index (χ1n) is 6.70. The van der Waals surface area contributed by atoms with Crippen LogP contribution in [0.1, 0.15) is 10.6 Å². The van der Waals surface area contributed by atoms with Crippen molar-refractivity contribution in [2.24, 2.45) is 4.99 Å². The Labute approximate surface area is 147 Å². The van der Waals surface area contributed by atoms with Gasteiger partial charge >= 0.3 is 0 Å². The molecule has 3 aromatic rings. The summed E-state index contributed by atoms with van der Waals surface area (Å²) in [5.74, 6) is 0.792. The second-order valence-electron chi connectivity index (χ2n) is 4.50. The van der Waals surface area contributed by atoms with Crippen molar-refractivity contribution in [3.05, 3.63) is 69.1 Å². The molecule has 1 heterocycles. The molecular formula is C16H11Cl2N3OS. The molecule has 0 atom stereocenters. The first-order chi connectivity index (χ1) is 11.2. The maximum Gasteiger partial charge on any atom is 0.231 e. The summed E-state index contributed by atoms with van der Waals surface area (Å²) in [6.07, 6.45) is 1.64. The second-order valence-corrected chi connectivity index (χ2v) is 6.39. The van der Waals surface area contributed by atoms with Gasteiger partial charge < -0.3 is 4.74 Å². The third kappa shape index (κ3) is 4.51. The Balaban J connectivity index is 1.64. The van der Waals surface area contributed by atoms with Gasteiger partial charge in [-0.2, -0.15) is 0 Å². The van der Waals surface area contributed by atoms with E-state index in [-0.39, 0.29) is 0 Å². The zero-order valence-corrected chi connectivity index (χ0v) is 14.1. The number of hydrogen-bond acceptors (Lipinski definition) is 5. The molecular weight excluding hydrogens is 353 g/mol. The predicted octanol–water partition coefficient (Wildman–Crippen LogP) is 5.17. The molecule has 116 valence electrons. The van der Waals surface area contributed by atoms with Crippen LogP contribution in [0.4, 0.5) is 5.13 Å². The summed E-state index contributed by atoms with van der Waals surface area (Å²) >= 11 is 13.3. The summed E-state index contributed by atoms with van der Waals surface area (Å²) in [6, 6.07) is 14.8. The van der Waals surface area contributed by atoms with Gasteiger partial charge in [0.15, 0.2) is 5.01 Å². The lowest BCUT2D eigenvalue weighted by Crippen LogP contribution is -1.94. The third-order valence-corrected chi connectivity index (χ3v) is 4.21. The number of benzene rings is 2. The first kappa shape index (κ1) is 15.9. The Kier molecular flexibility index (Phi) is 5.23. The number of rotatable bonds is 5. The molecule has 23 heavy (non-hydrogen) atoms. The van der Waals surface area contributed by atoms with Gasteiger partial charge in [-0.05, 0) is 24.3 Å². The van der Waals surface area contributed by atoms with E-state index in [9.17, 15) is 0 Å². The molecule has 0 saturated carbocycles. The summed E-state index contributed by atoms with van der Waals surface area (Å²) in [6.45, 7) is 0.360. The SMILES string of the molecule is Clc1ccc(C=Nc2nnc(COc3ccccc3)s2)c(Cl)c1. The molecule has 0 fully saturated rings. The second kappa shape index (κ2) is 7.55. The van der Waals surface area contributed by atoms with Gasteiger partial charge in [0.05, 0.1) is 5.02 Å². The maximum absolute atomic E-state index is 6.09. The van der Waals surface area contributed by atoms with Crippen LogP contribution in [0, 0.1) is 0 Å². The van der Waals surface area contributed by atoms with Crippen molar-refractivity contribution in [2.75, 3.05) is 0 Å². The average molecular weight is 364 g/mol. The Morgan fingerprint density at radius 3 is 2.70 bits per heavy atom. The Hall–Kier alpha value is -1.95. The highest BCUT2D eigenvalue weighted by atomic mass is 35.5. The number of ether oxygens (including phenoxy) is 1. The molecule has 2 aromatic carbocycles. The highest BCUT2D eigenvalue weighted by Crippen LogP contribution is 2.23. The highest BCUT2D eigenvalue weighted by molar-refractivity contribution is 7.14. The molecule has 1 aromatic heterocycles. The van der Waals surface area contributed by atoms with Crippen LogP contribution in [-0.2, 0) is 6.61 Å².